The summed E-state index contributed by atoms with van der Waals surface area (Å²) in [5.41, 5.74) is 1.36. The van der Waals surface area contributed by atoms with Crippen LogP contribution < -0.4 is 5.32 Å². The Kier molecular flexibility index (Phi) is 4.99. The van der Waals surface area contributed by atoms with Crippen LogP contribution in [0, 0.1) is 11.3 Å². The quantitative estimate of drug-likeness (QED) is 0.793. The van der Waals surface area contributed by atoms with E-state index in [1.807, 2.05) is 38.1 Å². The van der Waals surface area contributed by atoms with Crippen molar-refractivity contribution < 1.29 is 5.11 Å². The molecular weight excluding hydrogens is 212 g/mol. The van der Waals surface area contributed by atoms with Crippen LogP contribution in [-0.2, 0) is 6.42 Å². The minimum Gasteiger partial charge on any atom is -0.388 e. The molecule has 1 rings (SSSR count). The van der Waals surface area contributed by atoms with Crippen LogP contribution in [0.1, 0.15) is 32.3 Å². The fraction of sp³-hybridized carbons (Fsp3) is 0.500. The van der Waals surface area contributed by atoms with E-state index in [0.717, 1.165) is 24.1 Å². The van der Waals surface area contributed by atoms with Crippen molar-refractivity contribution in [2.45, 2.75) is 38.7 Å². The molecule has 0 radical (unpaired) electrons. The number of hydrogen-bond donors (Lipinski definition) is 2. The number of nitrogens with one attached hydrogen (secondary N) is 1. The van der Waals surface area contributed by atoms with Crippen LogP contribution in [0.25, 0.3) is 0 Å². The van der Waals surface area contributed by atoms with Crippen LogP contribution in [0.4, 0.5) is 5.69 Å². The Bertz CT molecular complexity index is 374. The summed E-state index contributed by atoms with van der Waals surface area (Å²) in [6, 6.07) is 9.87. The van der Waals surface area contributed by atoms with E-state index in [1.165, 1.54) is 0 Å². The summed E-state index contributed by atoms with van der Waals surface area (Å²) < 4.78 is 0. The van der Waals surface area contributed by atoms with Gasteiger partial charge in [-0.1, -0.05) is 26.0 Å². The monoisotopic (exact) mass is 232 g/mol. The maximum atomic E-state index is 10.1. The Balaban J connectivity index is 2.55. The largest absolute Gasteiger partial charge is 0.388 e. The molecule has 0 unspecified atom stereocenters. The zero-order valence-corrected chi connectivity index (χ0v) is 10.5. The number of benzene rings is 1. The summed E-state index contributed by atoms with van der Waals surface area (Å²) in [5, 5.41) is 21.9. The summed E-state index contributed by atoms with van der Waals surface area (Å²) in [6.07, 6.45) is 1.92. The van der Waals surface area contributed by atoms with Gasteiger partial charge in [0.1, 0.15) is 0 Å². The molecule has 3 nitrogen and oxygen atoms in total. The third-order valence-corrected chi connectivity index (χ3v) is 3.17. The van der Waals surface area contributed by atoms with E-state index in [-0.39, 0.29) is 0 Å². The third kappa shape index (κ3) is 4.08. The highest BCUT2D eigenvalue weighted by molar-refractivity contribution is 5.45. The predicted molar refractivity (Wildman–Crippen MR) is 69.8 cm³/mol. The molecule has 0 fully saturated rings. The van der Waals surface area contributed by atoms with Gasteiger partial charge in [0.2, 0.25) is 0 Å². The molecule has 1 aromatic carbocycles. The van der Waals surface area contributed by atoms with Crippen molar-refractivity contribution in [1.29, 1.82) is 5.26 Å². The van der Waals surface area contributed by atoms with Crippen LogP contribution >= 0.6 is 0 Å². The topological polar surface area (TPSA) is 56.0 Å². The van der Waals surface area contributed by atoms with Gasteiger partial charge in [-0.05, 0) is 30.5 Å². The summed E-state index contributed by atoms with van der Waals surface area (Å²) >= 11 is 0. The van der Waals surface area contributed by atoms with Crippen LogP contribution in [0.3, 0.4) is 0 Å². The van der Waals surface area contributed by atoms with Gasteiger partial charge in [0.05, 0.1) is 18.1 Å². The molecule has 1 aromatic rings. The molecule has 0 atom stereocenters. The Morgan fingerprint density at radius 1 is 1.24 bits per heavy atom. The molecule has 0 spiro atoms. The number of aliphatic hydroxyl groups is 1. The van der Waals surface area contributed by atoms with Crippen molar-refractivity contribution in [3.8, 4) is 6.07 Å². The zero-order chi connectivity index (χ0) is 12.7. The van der Waals surface area contributed by atoms with Gasteiger partial charge < -0.3 is 10.4 Å². The van der Waals surface area contributed by atoms with Gasteiger partial charge in [-0.15, -0.1) is 0 Å². The van der Waals surface area contributed by atoms with Crippen molar-refractivity contribution in [1.82, 2.24) is 0 Å². The summed E-state index contributed by atoms with van der Waals surface area (Å²) in [4.78, 5) is 0. The number of anilines is 1. The summed E-state index contributed by atoms with van der Waals surface area (Å²) in [7, 11) is 0. The lowest BCUT2D eigenvalue weighted by Crippen LogP contribution is -2.35. The molecule has 0 amide bonds. The van der Waals surface area contributed by atoms with Crippen LogP contribution in [0.5, 0.6) is 0 Å². The molecule has 2 N–H and O–H groups in total. The Hall–Kier alpha value is -1.53. The van der Waals surface area contributed by atoms with Gasteiger partial charge in [0.25, 0.3) is 0 Å². The molecule has 0 aliphatic rings. The third-order valence-electron chi connectivity index (χ3n) is 3.17. The first-order valence-corrected chi connectivity index (χ1v) is 6.05. The van der Waals surface area contributed by atoms with E-state index in [0.29, 0.717) is 13.0 Å². The van der Waals surface area contributed by atoms with Crippen LogP contribution in [0.2, 0.25) is 0 Å². The van der Waals surface area contributed by atoms with Crippen molar-refractivity contribution in [2.75, 3.05) is 11.9 Å². The molecule has 0 heterocycles. The maximum Gasteiger partial charge on any atom is 0.0814 e. The molecule has 0 saturated heterocycles. The van der Waals surface area contributed by atoms with E-state index in [2.05, 4.69) is 11.4 Å². The lowest BCUT2D eigenvalue weighted by atomic mass is 9.97. The van der Waals surface area contributed by atoms with Gasteiger partial charge in [-0.2, -0.15) is 5.26 Å². The highest BCUT2D eigenvalue weighted by Crippen LogP contribution is 2.17. The lowest BCUT2D eigenvalue weighted by molar-refractivity contribution is 0.0457. The Labute approximate surface area is 103 Å². The van der Waals surface area contributed by atoms with Gasteiger partial charge in [0, 0.05) is 12.2 Å². The summed E-state index contributed by atoms with van der Waals surface area (Å²) in [6.45, 7) is 4.53. The highest BCUT2D eigenvalue weighted by atomic mass is 16.3. The van der Waals surface area contributed by atoms with Crippen molar-refractivity contribution >= 4 is 5.69 Å². The van der Waals surface area contributed by atoms with Gasteiger partial charge >= 0.3 is 0 Å². The van der Waals surface area contributed by atoms with Gasteiger partial charge in [-0.3, -0.25) is 0 Å². The Morgan fingerprint density at radius 3 is 2.29 bits per heavy atom. The molecule has 0 saturated carbocycles. The number of nitrogens with zero attached hydrogens (tertiary/aromatic N) is 1. The van der Waals surface area contributed by atoms with Gasteiger partial charge in [-0.25, -0.2) is 0 Å². The second kappa shape index (κ2) is 6.27. The molecular formula is C14H20N2O. The van der Waals surface area contributed by atoms with Crippen molar-refractivity contribution in [3.05, 3.63) is 29.8 Å². The van der Waals surface area contributed by atoms with Crippen molar-refractivity contribution in [2.24, 2.45) is 0 Å². The fourth-order valence-corrected chi connectivity index (χ4v) is 1.60. The normalized spacial score (nSPS) is 10.9. The maximum absolute atomic E-state index is 10.1. The number of hydrogen-bond acceptors (Lipinski definition) is 3. The molecule has 0 aliphatic heterocycles. The van der Waals surface area contributed by atoms with E-state index in [4.69, 9.17) is 5.26 Å². The average Bonchev–Trinajstić information content (AvgIpc) is 2.38. The minimum atomic E-state index is -0.634. The van der Waals surface area contributed by atoms with E-state index < -0.39 is 5.60 Å². The predicted octanol–water partition coefficient (Wildman–Crippen LogP) is 2.72. The molecule has 0 aliphatic carbocycles. The molecule has 3 heteroatoms. The molecule has 0 bridgehead atoms. The zero-order valence-electron chi connectivity index (χ0n) is 10.5. The molecule has 0 aromatic heterocycles. The lowest BCUT2D eigenvalue weighted by Gasteiger charge is -2.26. The molecule has 17 heavy (non-hydrogen) atoms. The first kappa shape index (κ1) is 13.5. The first-order chi connectivity index (χ1) is 8.13. The minimum absolute atomic E-state index is 0.439. The Morgan fingerprint density at radius 2 is 1.82 bits per heavy atom. The first-order valence-electron chi connectivity index (χ1n) is 6.05. The van der Waals surface area contributed by atoms with Gasteiger partial charge in [0.15, 0.2) is 0 Å². The number of nitriles is 1. The number of rotatable bonds is 6. The average molecular weight is 232 g/mol. The standard InChI is InChI=1S/C14H20N2O/c1-3-14(17,4-2)11-16-13-7-5-12(6-8-13)9-10-15/h5-8,16-17H,3-4,9,11H2,1-2H3. The van der Waals surface area contributed by atoms with Crippen LogP contribution in [0.15, 0.2) is 24.3 Å². The summed E-state index contributed by atoms with van der Waals surface area (Å²) in [5.74, 6) is 0. The SMILES string of the molecule is CCC(O)(CC)CNc1ccc(CC#N)cc1. The van der Waals surface area contributed by atoms with Crippen LogP contribution in [-0.4, -0.2) is 17.3 Å². The fourth-order valence-electron chi connectivity index (χ4n) is 1.60. The highest BCUT2D eigenvalue weighted by Gasteiger charge is 2.21. The molecule has 92 valence electrons. The van der Waals surface area contributed by atoms with E-state index >= 15 is 0 Å². The second-order valence-corrected chi connectivity index (χ2v) is 4.32. The van der Waals surface area contributed by atoms with E-state index in [9.17, 15) is 5.11 Å². The van der Waals surface area contributed by atoms with Crippen molar-refractivity contribution in [3.63, 3.8) is 0 Å². The second-order valence-electron chi connectivity index (χ2n) is 4.32. The van der Waals surface area contributed by atoms with E-state index in [1.54, 1.807) is 0 Å². The smallest absolute Gasteiger partial charge is 0.0814 e.